The van der Waals surface area contributed by atoms with Crippen molar-refractivity contribution >= 4 is 5.91 Å². The van der Waals surface area contributed by atoms with E-state index >= 15 is 0 Å². The summed E-state index contributed by atoms with van der Waals surface area (Å²) in [7, 11) is 0. The zero-order valence-corrected chi connectivity index (χ0v) is 10.4. The molecule has 1 aliphatic rings. The lowest BCUT2D eigenvalue weighted by atomic mass is 9.96. The number of likely N-dealkylation sites (tertiary alicyclic amines) is 1. The van der Waals surface area contributed by atoms with Crippen molar-refractivity contribution in [2.75, 3.05) is 13.1 Å². The highest BCUT2D eigenvalue weighted by Crippen LogP contribution is 2.21. The Balaban J connectivity index is 2.49. The molecule has 0 radical (unpaired) electrons. The Morgan fingerprint density at radius 1 is 1.50 bits per heavy atom. The van der Waals surface area contributed by atoms with E-state index in [1.54, 1.807) is 0 Å². The molecule has 1 fully saturated rings. The molecule has 16 heavy (non-hydrogen) atoms. The van der Waals surface area contributed by atoms with E-state index in [0.717, 1.165) is 25.9 Å². The van der Waals surface area contributed by atoms with E-state index in [2.05, 4.69) is 4.90 Å². The van der Waals surface area contributed by atoms with Gasteiger partial charge in [-0.15, -0.1) is 0 Å². The monoisotopic (exact) mass is 228 g/mol. The topological polar surface area (TPSA) is 66.6 Å². The van der Waals surface area contributed by atoms with E-state index in [1.807, 2.05) is 13.8 Å². The van der Waals surface area contributed by atoms with E-state index in [4.69, 9.17) is 5.73 Å². The molecule has 0 aromatic carbocycles. The SMILES string of the molecule is CC(O)CC1CCCCN1CC(C)C(N)=O. The molecule has 0 aromatic heterocycles. The molecule has 1 rings (SSSR count). The number of primary amides is 1. The van der Waals surface area contributed by atoms with Crippen LogP contribution < -0.4 is 5.73 Å². The number of carbonyl (C=O) groups is 1. The van der Waals surface area contributed by atoms with Crippen LogP contribution in [0.3, 0.4) is 0 Å². The largest absolute Gasteiger partial charge is 0.393 e. The number of hydrogen-bond donors (Lipinski definition) is 2. The van der Waals surface area contributed by atoms with Gasteiger partial charge in [-0.2, -0.15) is 0 Å². The molecule has 0 saturated carbocycles. The Kier molecular flexibility index (Phi) is 5.22. The Morgan fingerprint density at radius 3 is 2.75 bits per heavy atom. The summed E-state index contributed by atoms with van der Waals surface area (Å²) < 4.78 is 0. The lowest BCUT2D eigenvalue weighted by Gasteiger charge is -2.37. The predicted octanol–water partition coefficient (Wildman–Crippen LogP) is 0.733. The number of rotatable bonds is 5. The first-order chi connectivity index (χ1) is 7.50. The van der Waals surface area contributed by atoms with Gasteiger partial charge in [-0.05, 0) is 32.7 Å². The van der Waals surface area contributed by atoms with Crippen molar-refractivity contribution in [1.82, 2.24) is 4.90 Å². The molecule has 3 atom stereocenters. The van der Waals surface area contributed by atoms with Crippen LogP contribution in [0.4, 0.5) is 0 Å². The average Bonchev–Trinajstić information content (AvgIpc) is 2.20. The van der Waals surface area contributed by atoms with Gasteiger partial charge in [0.15, 0.2) is 0 Å². The second-order valence-electron chi connectivity index (χ2n) is 5.03. The van der Waals surface area contributed by atoms with Crippen molar-refractivity contribution in [3.63, 3.8) is 0 Å². The number of piperidine rings is 1. The highest BCUT2D eigenvalue weighted by Gasteiger charge is 2.25. The zero-order valence-electron chi connectivity index (χ0n) is 10.4. The van der Waals surface area contributed by atoms with E-state index in [1.165, 1.54) is 12.8 Å². The van der Waals surface area contributed by atoms with Gasteiger partial charge in [0.25, 0.3) is 0 Å². The summed E-state index contributed by atoms with van der Waals surface area (Å²) in [6, 6.07) is 0.413. The molecule has 0 spiro atoms. The van der Waals surface area contributed by atoms with Crippen molar-refractivity contribution < 1.29 is 9.90 Å². The Morgan fingerprint density at radius 2 is 2.19 bits per heavy atom. The third-order valence-electron chi connectivity index (χ3n) is 3.36. The van der Waals surface area contributed by atoms with Crippen LogP contribution >= 0.6 is 0 Å². The Hall–Kier alpha value is -0.610. The molecule has 0 aromatic rings. The van der Waals surface area contributed by atoms with Crippen LogP contribution in [0.15, 0.2) is 0 Å². The number of aliphatic hydroxyl groups excluding tert-OH is 1. The number of hydrogen-bond acceptors (Lipinski definition) is 3. The zero-order chi connectivity index (χ0) is 12.1. The average molecular weight is 228 g/mol. The van der Waals surface area contributed by atoms with E-state index < -0.39 is 0 Å². The molecule has 4 nitrogen and oxygen atoms in total. The molecule has 1 heterocycles. The maximum absolute atomic E-state index is 11.0. The quantitative estimate of drug-likeness (QED) is 0.729. The van der Waals surface area contributed by atoms with Crippen LogP contribution in [-0.4, -0.2) is 41.1 Å². The van der Waals surface area contributed by atoms with Crippen molar-refractivity contribution in [1.29, 1.82) is 0 Å². The molecule has 1 aliphatic heterocycles. The van der Waals surface area contributed by atoms with E-state index in [0.29, 0.717) is 6.04 Å². The molecule has 1 saturated heterocycles. The van der Waals surface area contributed by atoms with Crippen LogP contribution in [0.1, 0.15) is 39.5 Å². The standard InChI is InChI=1S/C12H24N2O2/c1-9(12(13)16)8-14-6-4-3-5-11(14)7-10(2)15/h9-11,15H,3-8H2,1-2H3,(H2,13,16). The number of amides is 1. The summed E-state index contributed by atoms with van der Waals surface area (Å²) in [5, 5.41) is 9.45. The van der Waals surface area contributed by atoms with Crippen LogP contribution in [0, 0.1) is 5.92 Å². The van der Waals surface area contributed by atoms with Crippen molar-refractivity contribution in [2.24, 2.45) is 11.7 Å². The first-order valence-corrected chi connectivity index (χ1v) is 6.22. The van der Waals surface area contributed by atoms with Gasteiger partial charge in [-0.3, -0.25) is 9.69 Å². The van der Waals surface area contributed by atoms with Crippen molar-refractivity contribution in [3.8, 4) is 0 Å². The fourth-order valence-corrected chi connectivity index (χ4v) is 2.40. The van der Waals surface area contributed by atoms with Crippen LogP contribution in [0.2, 0.25) is 0 Å². The molecule has 4 heteroatoms. The lowest BCUT2D eigenvalue weighted by molar-refractivity contribution is -0.122. The second-order valence-corrected chi connectivity index (χ2v) is 5.03. The van der Waals surface area contributed by atoms with E-state index in [-0.39, 0.29) is 17.9 Å². The summed E-state index contributed by atoms with van der Waals surface area (Å²) in [6.07, 6.45) is 4.05. The number of nitrogens with two attached hydrogens (primary N) is 1. The predicted molar refractivity (Wildman–Crippen MR) is 63.9 cm³/mol. The maximum Gasteiger partial charge on any atom is 0.221 e. The van der Waals surface area contributed by atoms with E-state index in [9.17, 15) is 9.90 Å². The van der Waals surface area contributed by atoms with Gasteiger partial charge in [0.2, 0.25) is 5.91 Å². The third-order valence-corrected chi connectivity index (χ3v) is 3.36. The molecule has 1 amide bonds. The van der Waals surface area contributed by atoms with Gasteiger partial charge >= 0.3 is 0 Å². The van der Waals surface area contributed by atoms with Crippen molar-refractivity contribution in [2.45, 2.75) is 51.7 Å². The molecule has 0 bridgehead atoms. The highest BCUT2D eigenvalue weighted by atomic mass is 16.3. The number of carbonyl (C=O) groups excluding carboxylic acids is 1. The van der Waals surface area contributed by atoms with Gasteiger partial charge in [-0.1, -0.05) is 13.3 Å². The molecule has 0 aliphatic carbocycles. The minimum Gasteiger partial charge on any atom is -0.393 e. The number of nitrogens with zero attached hydrogens (tertiary/aromatic N) is 1. The van der Waals surface area contributed by atoms with Gasteiger partial charge in [0.1, 0.15) is 0 Å². The third kappa shape index (κ3) is 4.10. The summed E-state index contributed by atoms with van der Waals surface area (Å²) in [6.45, 7) is 5.45. The smallest absolute Gasteiger partial charge is 0.221 e. The summed E-state index contributed by atoms with van der Waals surface area (Å²) in [4.78, 5) is 13.4. The van der Waals surface area contributed by atoms with Gasteiger partial charge in [0.05, 0.1) is 6.10 Å². The molecule has 3 N–H and O–H groups in total. The molecular formula is C12H24N2O2. The fraction of sp³-hybridized carbons (Fsp3) is 0.917. The Labute approximate surface area is 97.8 Å². The maximum atomic E-state index is 11.0. The molecule has 94 valence electrons. The second kappa shape index (κ2) is 6.21. The van der Waals surface area contributed by atoms with Gasteiger partial charge in [0, 0.05) is 18.5 Å². The number of aliphatic hydroxyl groups is 1. The first-order valence-electron chi connectivity index (χ1n) is 6.22. The minimum absolute atomic E-state index is 0.102. The summed E-state index contributed by atoms with van der Waals surface area (Å²) in [5.41, 5.74) is 5.28. The van der Waals surface area contributed by atoms with Gasteiger partial charge < -0.3 is 10.8 Å². The summed E-state index contributed by atoms with van der Waals surface area (Å²) >= 11 is 0. The van der Waals surface area contributed by atoms with Gasteiger partial charge in [-0.25, -0.2) is 0 Å². The van der Waals surface area contributed by atoms with Crippen molar-refractivity contribution in [3.05, 3.63) is 0 Å². The fourth-order valence-electron chi connectivity index (χ4n) is 2.40. The highest BCUT2D eigenvalue weighted by molar-refractivity contribution is 5.76. The lowest BCUT2D eigenvalue weighted by Crippen LogP contribution is -2.45. The molecular weight excluding hydrogens is 204 g/mol. The summed E-state index contributed by atoms with van der Waals surface area (Å²) in [5.74, 6) is -0.337. The normalized spacial score (nSPS) is 26.3. The van der Waals surface area contributed by atoms with Crippen LogP contribution in [0.5, 0.6) is 0 Å². The minimum atomic E-state index is -0.269. The van der Waals surface area contributed by atoms with Crippen LogP contribution in [0.25, 0.3) is 0 Å². The first kappa shape index (κ1) is 13.5. The van der Waals surface area contributed by atoms with Crippen LogP contribution in [-0.2, 0) is 4.79 Å². The Bertz CT molecular complexity index is 231. The molecule has 3 unspecified atom stereocenters.